The molecule has 0 aliphatic rings. The van der Waals surface area contributed by atoms with Crippen molar-refractivity contribution in [3.8, 4) is 0 Å². The van der Waals surface area contributed by atoms with E-state index in [1.54, 1.807) is 0 Å². The van der Waals surface area contributed by atoms with E-state index in [1.165, 1.54) is 0 Å². The molecule has 5 heavy (non-hydrogen) atoms. The Morgan fingerprint density at radius 3 is 0.600 bits per heavy atom. The minimum absolute atomic E-state index is 0. The third-order valence-corrected chi connectivity index (χ3v) is 0. The summed E-state index contributed by atoms with van der Waals surface area (Å²) >= 11 is 0. The van der Waals surface area contributed by atoms with E-state index in [0.29, 0.717) is 0 Å². The van der Waals surface area contributed by atoms with Gasteiger partial charge in [0, 0.05) is 21.1 Å². The summed E-state index contributed by atoms with van der Waals surface area (Å²) in [7, 11) is 0. The molecule has 0 N–H and O–H groups in total. The Hall–Kier alpha value is 1.33. The number of rotatable bonds is 0. The fourth-order valence-electron chi connectivity index (χ4n) is 0. The van der Waals surface area contributed by atoms with E-state index in [4.69, 9.17) is 0 Å². The first-order valence-electron chi connectivity index (χ1n) is 0. The minimum Gasteiger partial charge on any atom is -2.00 e. The molecule has 0 spiro atoms. The van der Waals surface area contributed by atoms with Crippen molar-refractivity contribution >= 4 is 23.1 Å². The number of hydrogen-bond donors (Lipinski definition) is 0. The average molecular weight is 256 g/mol. The van der Waals surface area contributed by atoms with Gasteiger partial charge in [0.25, 0.3) is 0 Å². The van der Waals surface area contributed by atoms with E-state index >= 15 is 0 Å². The van der Waals surface area contributed by atoms with E-state index in [1.807, 2.05) is 0 Å². The van der Waals surface area contributed by atoms with Crippen molar-refractivity contribution in [1.82, 2.24) is 0 Å². The Bertz CT molecular complexity index is 6.85. The molecule has 5 heteroatoms. The van der Waals surface area contributed by atoms with Gasteiger partial charge >= 0.3 is 23.1 Å². The predicted molar refractivity (Wildman–Crippen MR) is 7.81 cm³/mol. The Morgan fingerprint density at radius 2 is 0.600 bits per heavy atom. The van der Waals surface area contributed by atoms with Gasteiger partial charge in [-0.2, -0.15) is 0 Å². The van der Waals surface area contributed by atoms with Crippen LogP contribution >= 0.6 is 0 Å². The van der Waals surface area contributed by atoms with Crippen LogP contribution in [-0.4, -0.2) is 23.1 Å². The van der Waals surface area contributed by atoms with Gasteiger partial charge in [-0.1, -0.05) is 0 Å². The first-order chi connectivity index (χ1) is 0. The fourth-order valence-corrected chi connectivity index (χ4v) is 0. The van der Waals surface area contributed by atoms with Crippen LogP contribution in [0.15, 0.2) is 0 Å². The second kappa shape index (κ2) is 56.3. The standard InChI is InChI=1S/Mg.3O.W/q+2;3*-2;. The zero-order chi connectivity index (χ0) is 0. The number of hydrogen-bond acceptors (Lipinski definition) is 0. The Morgan fingerprint density at radius 1 is 0.600 bits per heavy atom. The molecule has 0 rings (SSSR count). The molecule has 0 aliphatic carbocycles. The summed E-state index contributed by atoms with van der Waals surface area (Å²) in [6, 6.07) is 0. The molecule has 0 saturated heterocycles. The quantitative estimate of drug-likeness (QED) is 0.511. The molecule has 0 aromatic rings. The molecule has 0 bridgehead atoms. The SMILES string of the molecule is [Mg+2].[O-2].[O-2].[O-2].[W]. The Kier molecular flexibility index (Phi) is 1140. The summed E-state index contributed by atoms with van der Waals surface area (Å²) < 4.78 is 0. The summed E-state index contributed by atoms with van der Waals surface area (Å²) in [5, 5.41) is 0. The molecular formula is MgO3W-4. The average Bonchev–Trinajstić information content (AvgIpc) is 0. The zero-order valence-electron chi connectivity index (χ0n) is 2.34. The molecule has 0 unspecified atom stereocenters. The van der Waals surface area contributed by atoms with Crippen LogP contribution in [0.4, 0.5) is 0 Å². The van der Waals surface area contributed by atoms with E-state index in [2.05, 4.69) is 0 Å². The third kappa shape index (κ3) is 33.3. The zero-order valence-corrected chi connectivity index (χ0v) is 6.69. The van der Waals surface area contributed by atoms with Gasteiger partial charge in [0.05, 0.1) is 0 Å². The van der Waals surface area contributed by atoms with Crippen molar-refractivity contribution in [1.29, 1.82) is 0 Å². The van der Waals surface area contributed by atoms with E-state index < -0.39 is 0 Å². The van der Waals surface area contributed by atoms with Crippen LogP contribution in [0.1, 0.15) is 0 Å². The smallest absolute Gasteiger partial charge is 2.00 e. The van der Waals surface area contributed by atoms with Crippen molar-refractivity contribution in [3.05, 3.63) is 0 Å². The topological polar surface area (TPSA) is 85.5 Å². The maximum atomic E-state index is 0. The molecule has 0 aromatic carbocycles. The summed E-state index contributed by atoms with van der Waals surface area (Å²) in [5.74, 6) is 0. The van der Waals surface area contributed by atoms with Gasteiger partial charge in [-0.05, 0) is 0 Å². The van der Waals surface area contributed by atoms with E-state index in [0.717, 1.165) is 0 Å². The molecule has 0 aliphatic heterocycles. The molecule has 3 nitrogen and oxygen atoms in total. The Labute approximate surface area is 60.5 Å². The van der Waals surface area contributed by atoms with Gasteiger partial charge in [0.1, 0.15) is 0 Å². The first kappa shape index (κ1) is 101. The molecule has 0 fully saturated rings. The third-order valence-electron chi connectivity index (χ3n) is 0. The molecule has 0 aromatic heterocycles. The van der Waals surface area contributed by atoms with Crippen molar-refractivity contribution in [2.75, 3.05) is 0 Å². The molecule has 0 radical (unpaired) electrons. The van der Waals surface area contributed by atoms with Gasteiger partial charge in [-0.3, -0.25) is 0 Å². The van der Waals surface area contributed by atoms with Crippen LogP contribution in [0.25, 0.3) is 0 Å². The molecular weight excluding hydrogens is 256 g/mol. The molecule has 0 heterocycles. The summed E-state index contributed by atoms with van der Waals surface area (Å²) in [6.07, 6.45) is 0. The maximum absolute atomic E-state index is 0. The van der Waals surface area contributed by atoms with Crippen LogP contribution in [0, 0.1) is 0 Å². The van der Waals surface area contributed by atoms with Gasteiger partial charge in [0.2, 0.25) is 0 Å². The van der Waals surface area contributed by atoms with Crippen molar-refractivity contribution in [3.63, 3.8) is 0 Å². The maximum Gasteiger partial charge on any atom is 2.00 e. The van der Waals surface area contributed by atoms with Crippen LogP contribution in [-0.2, 0) is 37.5 Å². The van der Waals surface area contributed by atoms with Crippen molar-refractivity contribution < 1.29 is 37.5 Å². The fraction of sp³-hybridized carbons (Fsp3) is 0. The monoisotopic (exact) mass is 256 g/mol. The molecule has 0 saturated carbocycles. The van der Waals surface area contributed by atoms with Gasteiger partial charge in [-0.15, -0.1) is 0 Å². The Balaban J connectivity index is 0. The van der Waals surface area contributed by atoms with Crippen LogP contribution in [0.3, 0.4) is 0 Å². The normalized spacial score (nSPS) is 0. The second-order valence-corrected chi connectivity index (χ2v) is 0. The molecule has 0 amide bonds. The second-order valence-electron chi connectivity index (χ2n) is 0. The summed E-state index contributed by atoms with van der Waals surface area (Å²) in [5.41, 5.74) is 0. The summed E-state index contributed by atoms with van der Waals surface area (Å²) in [6.45, 7) is 0. The largest absolute Gasteiger partial charge is 2.00 e. The van der Waals surface area contributed by atoms with E-state index in [-0.39, 0.29) is 60.5 Å². The predicted octanol–water partition coefficient (Wildman–Crippen LogP) is -0.740. The van der Waals surface area contributed by atoms with E-state index in [9.17, 15) is 0 Å². The van der Waals surface area contributed by atoms with Gasteiger partial charge < -0.3 is 16.4 Å². The first-order valence-corrected chi connectivity index (χ1v) is 0. The van der Waals surface area contributed by atoms with Crippen LogP contribution in [0.5, 0.6) is 0 Å². The van der Waals surface area contributed by atoms with Gasteiger partial charge in [-0.25, -0.2) is 0 Å². The van der Waals surface area contributed by atoms with Gasteiger partial charge in [0.15, 0.2) is 0 Å². The minimum atomic E-state index is 0. The van der Waals surface area contributed by atoms with Crippen LogP contribution in [0.2, 0.25) is 0 Å². The van der Waals surface area contributed by atoms with Crippen molar-refractivity contribution in [2.45, 2.75) is 0 Å². The molecule has 0 atom stereocenters. The summed E-state index contributed by atoms with van der Waals surface area (Å²) in [4.78, 5) is 0. The van der Waals surface area contributed by atoms with Crippen molar-refractivity contribution in [2.24, 2.45) is 0 Å². The molecule has 30 valence electrons. The van der Waals surface area contributed by atoms with Crippen LogP contribution < -0.4 is 0 Å².